The van der Waals surface area contributed by atoms with Gasteiger partial charge < -0.3 is 14.5 Å². The van der Waals surface area contributed by atoms with E-state index in [0.717, 1.165) is 42.7 Å². The fourth-order valence-electron chi connectivity index (χ4n) is 4.77. The van der Waals surface area contributed by atoms with Gasteiger partial charge in [-0.05, 0) is 60.6 Å². The van der Waals surface area contributed by atoms with Crippen LogP contribution in [0.1, 0.15) is 30.4 Å². The van der Waals surface area contributed by atoms with Crippen LogP contribution in [0.2, 0.25) is 0 Å². The summed E-state index contributed by atoms with van der Waals surface area (Å²) >= 11 is 0. The van der Waals surface area contributed by atoms with Crippen molar-refractivity contribution in [1.29, 1.82) is 0 Å². The number of likely N-dealkylation sites (tertiary alicyclic amines) is 2. The lowest BCUT2D eigenvalue weighted by atomic mass is 9.77. The van der Waals surface area contributed by atoms with Crippen molar-refractivity contribution >= 4 is 17.9 Å². The molecule has 2 aromatic carbocycles. The van der Waals surface area contributed by atoms with Gasteiger partial charge in [0.1, 0.15) is 5.75 Å². The van der Waals surface area contributed by atoms with Gasteiger partial charge in [-0.2, -0.15) is 0 Å². The summed E-state index contributed by atoms with van der Waals surface area (Å²) in [5, 5.41) is 0. The molecule has 5 nitrogen and oxygen atoms in total. The van der Waals surface area contributed by atoms with Crippen molar-refractivity contribution in [2.45, 2.75) is 25.7 Å². The molecule has 1 spiro atoms. The van der Waals surface area contributed by atoms with Crippen LogP contribution in [-0.4, -0.2) is 54.9 Å². The summed E-state index contributed by atoms with van der Waals surface area (Å²) < 4.78 is 45.5. The molecule has 8 heteroatoms. The van der Waals surface area contributed by atoms with Gasteiger partial charge in [0, 0.05) is 37.8 Å². The highest BCUT2D eigenvalue weighted by Crippen LogP contribution is 2.40. The molecule has 0 unspecified atom stereocenters. The summed E-state index contributed by atoms with van der Waals surface area (Å²) in [5.41, 5.74) is 0.694. The zero-order valence-corrected chi connectivity index (χ0v) is 19.0. The molecule has 0 radical (unpaired) electrons. The normalized spacial score (nSPS) is 17.5. The number of amides is 2. The van der Waals surface area contributed by atoms with Crippen molar-refractivity contribution < 1.29 is 27.5 Å². The van der Waals surface area contributed by atoms with Crippen molar-refractivity contribution in [3.63, 3.8) is 0 Å². The third kappa shape index (κ3) is 5.11. The molecule has 2 aromatic rings. The van der Waals surface area contributed by atoms with Gasteiger partial charge in [0.05, 0.1) is 13.5 Å². The number of hydrogen-bond acceptors (Lipinski definition) is 3. The SMILES string of the molecule is COc1cccc(CC(=O)N2CCC3(CCN(C(=O)C=Cc4ccc(F)c(F)c4F)C3)CC2)c1. The second-order valence-electron chi connectivity index (χ2n) is 9.02. The number of rotatable bonds is 5. The van der Waals surface area contributed by atoms with E-state index in [-0.39, 0.29) is 22.8 Å². The number of carbonyl (C=O) groups is 2. The van der Waals surface area contributed by atoms with Crippen LogP contribution in [0.4, 0.5) is 13.2 Å². The van der Waals surface area contributed by atoms with E-state index in [1.807, 2.05) is 29.2 Å². The maximum Gasteiger partial charge on any atom is 0.246 e. The summed E-state index contributed by atoms with van der Waals surface area (Å²) in [7, 11) is 1.59. The van der Waals surface area contributed by atoms with E-state index in [0.29, 0.717) is 32.6 Å². The van der Waals surface area contributed by atoms with Gasteiger partial charge in [-0.3, -0.25) is 9.59 Å². The zero-order chi connectivity index (χ0) is 24.3. The van der Waals surface area contributed by atoms with Gasteiger partial charge in [0.2, 0.25) is 11.8 Å². The zero-order valence-electron chi connectivity index (χ0n) is 19.0. The Hall–Kier alpha value is -3.29. The second kappa shape index (κ2) is 9.91. The molecule has 2 saturated heterocycles. The number of halogens is 3. The van der Waals surface area contributed by atoms with Crippen molar-refractivity contribution in [3.05, 3.63) is 71.1 Å². The lowest BCUT2D eigenvalue weighted by Gasteiger charge is -2.39. The molecular weight excluding hydrogens is 445 g/mol. The van der Waals surface area contributed by atoms with Gasteiger partial charge in [-0.25, -0.2) is 13.2 Å². The van der Waals surface area contributed by atoms with Gasteiger partial charge in [0.25, 0.3) is 0 Å². The number of benzene rings is 2. The van der Waals surface area contributed by atoms with Crippen LogP contribution in [-0.2, 0) is 16.0 Å². The van der Waals surface area contributed by atoms with Crippen LogP contribution in [0.3, 0.4) is 0 Å². The van der Waals surface area contributed by atoms with Crippen LogP contribution in [0, 0.1) is 22.9 Å². The van der Waals surface area contributed by atoms with Gasteiger partial charge >= 0.3 is 0 Å². The predicted octanol–water partition coefficient (Wildman–Crippen LogP) is 4.21. The molecule has 2 aliphatic rings. The average Bonchev–Trinajstić information content (AvgIpc) is 3.26. The van der Waals surface area contributed by atoms with Crippen LogP contribution in [0.5, 0.6) is 5.75 Å². The largest absolute Gasteiger partial charge is 0.497 e. The highest BCUT2D eigenvalue weighted by Gasteiger charge is 2.42. The highest BCUT2D eigenvalue weighted by molar-refractivity contribution is 5.92. The fourth-order valence-corrected chi connectivity index (χ4v) is 4.77. The van der Waals surface area contributed by atoms with Gasteiger partial charge in [-0.1, -0.05) is 12.1 Å². The molecule has 0 saturated carbocycles. The molecule has 2 heterocycles. The summed E-state index contributed by atoms with van der Waals surface area (Å²) in [6.07, 6.45) is 5.14. The molecular formula is C26H27F3N2O3. The van der Waals surface area contributed by atoms with Gasteiger partial charge in [0.15, 0.2) is 17.5 Å². The number of hydrogen-bond donors (Lipinski definition) is 0. The molecule has 0 N–H and O–H groups in total. The van der Waals surface area contributed by atoms with E-state index in [4.69, 9.17) is 4.74 Å². The monoisotopic (exact) mass is 472 g/mol. The van der Waals surface area contributed by atoms with E-state index in [1.54, 1.807) is 12.0 Å². The number of nitrogens with zero attached hydrogens (tertiary/aromatic N) is 2. The number of piperidine rings is 1. The van der Waals surface area contributed by atoms with E-state index in [2.05, 4.69) is 0 Å². The van der Waals surface area contributed by atoms with Crippen molar-refractivity contribution in [3.8, 4) is 5.75 Å². The number of ether oxygens (including phenoxy) is 1. The summed E-state index contributed by atoms with van der Waals surface area (Å²) in [4.78, 5) is 28.9. The third-order valence-corrected chi connectivity index (χ3v) is 6.89. The Balaban J connectivity index is 1.30. The standard InChI is InChI=1S/C26H27F3N2O3/c1-34-20-4-2-3-18(15-20)16-23(33)30-12-9-26(10-13-30)11-14-31(17-26)22(32)8-6-19-5-7-21(27)25(29)24(19)28/h2-8,15H,9-14,16-17H2,1H3. The van der Waals surface area contributed by atoms with Crippen LogP contribution in [0.15, 0.2) is 42.5 Å². The molecule has 180 valence electrons. The molecule has 2 fully saturated rings. The third-order valence-electron chi connectivity index (χ3n) is 6.89. The smallest absolute Gasteiger partial charge is 0.246 e. The first-order valence-corrected chi connectivity index (χ1v) is 11.3. The minimum absolute atomic E-state index is 0.0382. The predicted molar refractivity (Wildman–Crippen MR) is 121 cm³/mol. The Morgan fingerprint density at radius 3 is 2.41 bits per heavy atom. The first-order valence-electron chi connectivity index (χ1n) is 11.3. The molecule has 2 aliphatic heterocycles. The number of methoxy groups -OCH3 is 1. The summed E-state index contributed by atoms with van der Waals surface area (Å²) in [5.74, 6) is -3.63. The topological polar surface area (TPSA) is 49.9 Å². The Morgan fingerprint density at radius 2 is 1.71 bits per heavy atom. The van der Waals surface area contributed by atoms with Crippen LogP contribution in [0.25, 0.3) is 6.08 Å². The lowest BCUT2D eigenvalue weighted by Crippen LogP contribution is -2.45. The molecule has 0 atom stereocenters. The van der Waals surface area contributed by atoms with Crippen molar-refractivity contribution in [2.24, 2.45) is 5.41 Å². The molecule has 2 amide bonds. The Kier molecular flexibility index (Phi) is 6.95. The fraction of sp³-hybridized carbons (Fsp3) is 0.385. The first-order chi connectivity index (χ1) is 16.3. The maximum atomic E-state index is 13.8. The van der Waals surface area contributed by atoms with E-state index in [9.17, 15) is 22.8 Å². The van der Waals surface area contributed by atoms with E-state index in [1.165, 1.54) is 12.2 Å². The van der Waals surface area contributed by atoms with Crippen molar-refractivity contribution in [2.75, 3.05) is 33.3 Å². The molecule has 34 heavy (non-hydrogen) atoms. The quantitative estimate of drug-likeness (QED) is 0.484. The van der Waals surface area contributed by atoms with Crippen molar-refractivity contribution in [1.82, 2.24) is 9.80 Å². The Morgan fingerprint density at radius 1 is 1.00 bits per heavy atom. The van der Waals surface area contributed by atoms with E-state index < -0.39 is 17.5 Å². The number of carbonyl (C=O) groups excluding carboxylic acids is 2. The molecule has 4 rings (SSSR count). The second-order valence-corrected chi connectivity index (χ2v) is 9.02. The molecule has 0 bridgehead atoms. The molecule has 0 aromatic heterocycles. The summed E-state index contributed by atoms with van der Waals surface area (Å²) in [6.45, 7) is 2.41. The Labute approximate surface area is 196 Å². The minimum atomic E-state index is -1.55. The minimum Gasteiger partial charge on any atom is -0.497 e. The Bertz CT molecular complexity index is 1110. The van der Waals surface area contributed by atoms with Crippen LogP contribution < -0.4 is 4.74 Å². The van der Waals surface area contributed by atoms with Crippen LogP contribution >= 0.6 is 0 Å². The van der Waals surface area contributed by atoms with Gasteiger partial charge in [-0.15, -0.1) is 0 Å². The maximum absolute atomic E-state index is 13.8. The lowest BCUT2D eigenvalue weighted by molar-refractivity contribution is -0.133. The van der Waals surface area contributed by atoms with E-state index >= 15 is 0 Å². The average molecular weight is 473 g/mol. The first kappa shape index (κ1) is 23.9. The summed E-state index contributed by atoms with van der Waals surface area (Å²) in [6, 6.07) is 9.41. The molecule has 0 aliphatic carbocycles. The highest BCUT2D eigenvalue weighted by atomic mass is 19.2.